The van der Waals surface area contributed by atoms with E-state index < -0.39 is 11.6 Å². The molecule has 0 aliphatic rings. The molecule has 2 aromatic rings. The van der Waals surface area contributed by atoms with Gasteiger partial charge in [0.2, 0.25) is 0 Å². The first-order valence-corrected chi connectivity index (χ1v) is 6.32. The van der Waals surface area contributed by atoms with Crippen molar-refractivity contribution in [2.24, 2.45) is 0 Å². The van der Waals surface area contributed by atoms with Gasteiger partial charge in [-0.3, -0.25) is 0 Å². The molecule has 2 rings (SSSR count). The van der Waals surface area contributed by atoms with Crippen LogP contribution in [-0.4, -0.2) is 6.04 Å². The van der Waals surface area contributed by atoms with E-state index in [1.807, 2.05) is 13.8 Å². The molecule has 0 atom stereocenters. The first-order chi connectivity index (χ1) is 8.97. The SMILES string of the molecule is CC(C)NCc1ccc(-c2cc(F)c(F)cc2Cl)o1. The second-order valence-electron chi connectivity index (χ2n) is 4.55. The highest BCUT2D eigenvalue weighted by molar-refractivity contribution is 6.33. The first kappa shape index (κ1) is 14.0. The molecule has 1 aromatic heterocycles. The Kier molecular flexibility index (Phi) is 4.22. The molecular formula is C14H14ClF2NO. The minimum Gasteiger partial charge on any atom is -0.460 e. The molecule has 0 fully saturated rings. The Morgan fingerprint density at radius 3 is 2.58 bits per heavy atom. The largest absolute Gasteiger partial charge is 0.460 e. The maximum Gasteiger partial charge on any atom is 0.160 e. The quantitative estimate of drug-likeness (QED) is 0.844. The van der Waals surface area contributed by atoms with Crippen molar-refractivity contribution in [2.45, 2.75) is 26.4 Å². The summed E-state index contributed by atoms with van der Waals surface area (Å²) in [4.78, 5) is 0. The third-order valence-electron chi connectivity index (χ3n) is 2.62. The average molecular weight is 286 g/mol. The van der Waals surface area contributed by atoms with Crippen LogP contribution in [0.15, 0.2) is 28.7 Å². The lowest BCUT2D eigenvalue weighted by molar-refractivity contribution is 0.472. The standard InChI is InChI=1S/C14H14ClF2NO/c1-8(2)18-7-9-3-4-14(19-9)10-5-12(16)13(17)6-11(10)15/h3-6,8,18H,7H2,1-2H3. The van der Waals surface area contributed by atoms with E-state index in [4.69, 9.17) is 16.0 Å². The van der Waals surface area contributed by atoms with E-state index in [9.17, 15) is 8.78 Å². The molecule has 0 amide bonds. The molecule has 1 aromatic carbocycles. The molecule has 1 N–H and O–H groups in total. The summed E-state index contributed by atoms with van der Waals surface area (Å²) < 4.78 is 31.8. The van der Waals surface area contributed by atoms with Crippen molar-refractivity contribution in [1.29, 1.82) is 0 Å². The summed E-state index contributed by atoms with van der Waals surface area (Å²) in [5.41, 5.74) is 0.344. The maximum atomic E-state index is 13.2. The van der Waals surface area contributed by atoms with Gasteiger partial charge >= 0.3 is 0 Å². The highest BCUT2D eigenvalue weighted by atomic mass is 35.5. The van der Waals surface area contributed by atoms with Crippen molar-refractivity contribution >= 4 is 11.6 Å². The second-order valence-corrected chi connectivity index (χ2v) is 4.95. The van der Waals surface area contributed by atoms with Gasteiger partial charge < -0.3 is 9.73 Å². The molecule has 0 saturated carbocycles. The summed E-state index contributed by atoms with van der Waals surface area (Å²) in [6.07, 6.45) is 0. The first-order valence-electron chi connectivity index (χ1n) is 5.94. The molecule has 0 aliphatic heterocycles. The third kappa shape index (κ3) is 3.33. The Morgan fingerprint density at radius 1 is 1.21 bits per heavy atom. The molecule has 1 heterocycles. The number of nitrogens with one attached hydrogen (secondary N) is 1. The summed E-state index contributed by atoms with van der Waals surface area (Å²) in [6.45, 7) is 4.62. The fraction of sp³-hybridized carbons (Fsp3) is 0.286. The van der Waals surface area contributed by atoms with Gasteiger partial charge in [-0.15, -0.1) is 0 Å². The predicted octanol–water partition coefficient (Wildman–Crippen LogP) is 4.38. The van der Waals surface area contributed by atoms with Crippen molar-refractivity contribution < 1.29 is 13.2 Å². The molecule has 0 spiro atoms. The van der Waals surface area contributed by atoms with Gasteiger partial charge in [0.15, 0.2) is 11.6 Å². The number of furan rings is 1. The van der Waals surface area contributed by atoms with Gasteiger partial charge in [0, 0.05) is 11.6 Å². The number of hydrogen-bond donors (Lipinski definition) is 1. The Labute approximate surface area is 115 Å². The molecule has 0 saturated heterocycles. The molecule has 0 aliphatic carbocycles. The van der Waals surface area contributed by atoms with Crippen molar-refractivity contribution in [3.05, 3.63) is 46.7 Å². The minimum atomic E-state index is -0.970. The predicted molar refractivity (Wildman–Crippen MR) is 71.0 cm³/mol. The van der Waals surface area contributed by atoms with E-state index in [-0.39, 0.29) is 5.02 Å². The summed E-state index contributed by atoms with van der Waals surface area (Å²) in [5, 5.41) is 3.32. The Hall–Kier alpha value is -1.39. The minimum absolute atomic E-state index is 0.122. The molecule has 0 radical (unpaired) electrons. The van der Waals surface area contributed by atoms with Crippen molar-refractivity contribution in [3.8, 4) is 11.3 Å². The van der Waals surface area contributed by atoms with Crippen LogP contribution in [-0.2, 0) is 6.54 Å². The summed E-state index contributed by atoms with van der Waals surface area (Å²) in [6, 6.07) is 5.79. The van der Waals surface area contributed by atoms with Crippen molar-refractivity contribution in [3.63, 3.8) is 0 Å². The van der Waals surface area contributed by atoms with Crippen LogP contribution >= 0.6 is 11.6 Å². The fourth-order valence-corrected chi connectivity index (χ4v) is 1.88. The summed E-state index contributed by atoms with van der Waals surface area (Å²) in [7, 11) is 0. The van der Waals surface area contributed by atoms with Gasteiger partial charge in [-0.1, -0.05) is 25.4 Å². The zero-order chi connectivity index (χ0) is 14.0. The van der Waals surface area contributed by atoms with Gasteiger partial charge in [0.05, 0.1) is 11.6 Å². The van der Waals surface area contributed by atoms with E-state index in [0.717, 1.165) is 12.1 Å². The van der Waals surface area contributed by atoms with Gasteiger partial charge in [-0.05, 0) is 24.3 Å². The third-order valence-corrected chi connectivity index (χ3v) is 2.93. The zero-order valence-electron chi connectivity index (χ0n) is 10.6. The van der Waals surface area contributed by atoms with E-state index in [1.54, 1.807) is 12.1 Å². The Morgan fingerprint density at radius 2 is 1.89 bits per heavy atom. The van der Waals surface area contributed by atoms with Crippen LogP contribution in [0.25, 0.3) is 11.3 Å². The zero-order valence-corrected chi connectivity index (χ0v) is 11.4. The monoisotopic (exact) mass is 285 g/mol. The summed E-state index contributed by atoms with van der Waals surface area (Å²) in [5.74, 6) is -0.784. The molecule has 5 heteroatoms. The average Bonchev–Trinajstić information content (AvgIpc) is 2.80. The van der Waals surface area contributed by atoms with Crippen molar-refractivity contribution in [1.82, 2.24) is 5.32 Å². The number of halogens is 3. The van der Waals surface area contributed by atoms with E-state index in [0.29, 0.717) is 29.7 Å². The van der Waals surface area contributed by atoms with Crippen LogP contribution in [0.2, 0.25) is 5.02 Å². The molecule has 0 unspecified atom stereocenters. The maximum absolute atomic E-state index is 13.2. The van der Waals surface area contributed by atoms with Gasteiger partial charge in [0.1, 0.15) is 11.5 Å². The number of hydrogen-bond acceptors (Lipinski definition) is 2. The van der Waals surface area contributed by atoms with Crippen LogP contribution < -0.4 is 5.32 Å². The summed E-state index contributed by atoms with van der Waals surface area (Å²) >= 11 is 5.89. The topological polar surface area (TPSA) is 25.2 Å². The molecule has 19 heavy (non-hydrogen) atoms. The van der Waals surface area contributed by atoms with Crippen LogP contribution in [0, 0.1) is 11.6 Å². The lowest BCUT2D eigenvalue weighted by atomic mass is 10.1. The Bertz CT molecular complexity index is 581. The molecule has 0 bridgehead atoms. The fourth-order valence-electron chi connectivity index (χ4n) is 1.63. The lowest BCUT2D eigenvalue weighted by Gasteiger charge is -2.05. The second kappa shape index (κ2) is 5.72. The van der Waals surface area contributed by atoms with E-state index in [2.05, 4.69) is 5.32 Å². The number of rotatable bonds is 4. The molecule has 102 valence electrons. The smallest absolute Gasteiger partial charge is 0.160 e. The highest BCUT2D eigenvalue weighted by Crippen LogP contribution is 2.31. The number of benzene rings is 1. The van der Waals surface area contributed by atoms with Crippen LogP contribution in [0.5, 0.6) is 0 Å². The van der Waals surface area contributed by atoms with Crippen LogP contribution in [0.3, 0.4) is 0 Å². The van der Waals surface area contributed by atoms with Gasteiger partial charge in [-0.25, -0.2) is 8.78 Å². The Balaban J connectivity index is 2.25. The van der Waals surface area contributed by atoms with E-state index >= 15 is 0 Å². The van der Waals surface area contributed by atoms with Gasteiger partial charge in [-0.2, -0.15) is 0 Å². The molecular weight excluding hydrogens is 272 g/mol. The van der Waals surface area contributed by atoms with E-state index in [1.165, 1.54) is 0 Å². The van der Waals surface area contributed by atoms with Crippen LogP contribution in [0.4, 0.5) is 8.78 Å². The highest BCUT2D eigenvalue weighted by Gasteiger charge is 2.13. The van der Waals surface area contributed by atoms with Crippen LogP contribution in [0.1, 0.15) is 19.6 Å². The van der Waals surface area contributed by atoms with Crippen molar-refractivity contribution in [2.75, 3.05) is 0 Å². The lowest BCUT2D eigenvalue weighted by Crippen LogP contribution is -2.21. The normalized spacial score (nSPS) is 11.3. The molecule has 2 nitrogen and oxygen atoms in total. The van der Waals surface area contributed by atoms with Gasteiger partial charge in [0.25, 0.3) is 0 Å².